The van der Waals surface area contributed by atoms with Crippen LogP contribution in [-0.4, -0.2) is 17.3 Å². The van der Waals surface area contributed by atoms with E-state index in [4.69, 9.17) is 11.9 Å². The Balaban J connectivity index is 3.80. The zero-order chi connectivity index (χ0) is 20.5. The fourth-order valence-corrected chi connectivity index (χ4v) is 6.43. The van der Waals surface area contributed by atoms with E-state index < -0.39 is 8.60 Å². The zero-order valence-electron chi connectivity index (χ0n) is 18.6. The summed E-state index contributed by atoms with van der Waals surface area (Å²) < 4.78 is 17.5. The molecule has 0 amide bonds. The highest BCUT2D eigenvalue weighted by atomic mass is 32.2. The smallest absolute Gasteiger partial charge is 0.239 e. The molecule has 0 aliphatic heterocycles. The molecule has 0 fully saturated rings. The first kappa shape index (κ1) is 29.4. The van der Waals surface area contributed by atoms with Crippen molar-refractivity contribution in [3.63, 3.8) is 0 Å². The summed E-state index contributed by atoms with van der Waals surface area (Å²) in [7, 11) is -1.25. The second-order valence-electron chi connectivity index (χ2n) is 7.16. The van der Waals surface area contributed by atoms with Crippen molar-refractivity contribution >= 4 is 44.7 Å². The fourth-order valence-electron chi connectivity index (χ4n) is 2.57. The predicted molar refractivity (Wildman–Crippen MR) is 134 cm³/mol. The van der Waals surface area contributed by atoms with Crippen molar-refractivity contribution in [1.29, 1.82) is 0 Å². The monoisotopic (exact) mass is 472 g/mol. The molecule has 0 N–H and O–H groups in total. The van der Waals surface area contributed by atoms with Crippen LogP contribution in [0.2, 0.25) is 0 Å². The van der Waals surface area contributed by atoms with Crippen LogP contribution in [0.3, 0.4) is 0 Å². The van der Waals surface area contributed by atoms with Gasteiger partial charge in [-0.05, 0) is 19.3 Å². The van der Waals surface area contributed by atoms with E-state index in [1.54, 1.807) is 0 Å². The molecule has 0 aromatic rings. The van der Waals surface area contributed by atoms with Gasteiger partial charge in [0.25, 0.3) is 0 Å². The third-order valence-electron chi connectivity index (χ3n) is 4.33. The summed E-state index contributed by atoms with van der Waals surface area (Å²) in [5.74, 6) is 3.08. The Morgan fingerprint density at radius 2 is 0.714 bits per heavy atom. The third-order valence-corrected chi connectivity index (χ3v) is 8.43. The molecule has 0 spiro atoms. The molecule has 0 unspecified atom stereocenters. The molecule has 0 aliphatic carbocycles. The highest BCUT2D eigenvalue weighted by Gasteiger charge is 2.15. The van der Waals surface area contributed by atoms with Crippen molar-refractivity contribution in [1.82, 2.24) is 0 Å². The van der Waals surface area contributed by atoms with Crippen molar-refractivity contribution in [2.45, 2.75) is 117 Å². The van der Waals surface area contributed by atoms with Gasteiger partial charge in [0.1, 0.15) is 0 Å². The van der Waals surface area contributed by atoms with Crippen molar-refractivity contribution in [2.24, 2.45) is 0 Å². The van der Waals surface area contributed by atoms with Crippen LogP contribution in [-0.2, 0) is 11.9 Å². The maximum absolute atomic E-state index is 5.83. The second kappa shape index (κ2) is 26.4. The van der Waals surface area contributed by atoms with Crippen LogP contribution in [0.15, 0.2) is 0 Å². The predicted octanol–water partition coefficient (Wildman–Crippen LogP) is 10.1. The topological polar surface area (TPSA) is 27.7 Å². The van der Waals surface area contributed by atoms with Crippen LogP contribution in [0.1, 0.15) is 117 Å². The van der Waals surface area contributed by atoms with Gasteiger partial charge in [-0.25, -0.2) is 11.9 Å². The molecule has 0 radical (unpaired) electrons. The molecule has 28 heavy (non-hydrogen) atoms. The lowest BCUT2D eigenvalue weighted by Gasteiger charge is -2.13. The standard InChI is InChI=1S/C21H45O3PS3/c1-4-7-10-13-16-19-26-22-25(23-27-20-17-14-11-8-5-2)24-28-21-18-15-12-9-6-3/h4-21H2,1-3H3. The molecule has 0 rings (SSSR count). The van der Waals surface area contributed by atoms with Gasteiger partial charge in [-0.3, -0.25) is 0 Å². The van der Waals surface area contributed by atoms with E-state index >= 15 is 0 Å². The summed E-state index contributed by atoms with van der Waals surface area (Å²) in [6, 6.07) is 0. The SMILES string of the molecule is CCCCCCCSOP(OSCCCCCCC)OSCCCCCCC. The Labute approximate surface area is 190 Å². The van der Waals surface area contributed by atoms with Gasteiger partial charge in [0, 0.05) is 53.4 Å². The normalized spacial score (nSPS) is 11.6. The quantitative estimate of drug-likeness (QED) is 0.0788. The first-order valence-electron chi connectivity index (χ1n) is 11.5. The minimum Gasteiger partial charge on any atom is -0.239 e. The molecule has 0 aliphatic rings. The third kappa shape index (κ3) is 23.6. The zero-order valence-corrected chi connectivity index (χ0v) is 22.0. The average molecular weight is 473 g/mol. The fraction of sp³-hybridized carbons (Fsp3) is 1.00. The summed E-state index contributed by atoms with van der Waals surface area (Å²) in [4.78, 5) is 0. The Kier molecular flexibility index (Phi) is 27.7. The van der Waals surface area contributed by atoms with Crippen molar-refractivity contribution in [3.8, 4) is 0 Å². The molecule has 3 nitrogen and oxygen atoms in total. The van der Waals surface area contributed by atoms with Gasteiger partial charge in [-0.1, -0.05) is 97.8 Å². The van der Waals surface area contributed by atoms with Gasteiger partial charge < -0.3 is 0 Å². The molecular formula is C21H45O3PS3. The van der Waals surface area contributed by atoms with Crippen molar-refractivity contribution < 1.29 is 11.9 Å². The average Bonchev–Trinajstić information content (AvgIpc) is 2.71. The lowest BCUT2D eigenvalue weighted by molar-refractivity contribution is 0.467. The first-order chi connectivity index (χ1) is 13.8. The largest absolute Gasteiger partial charge is 0.369 e. The van der Waals surface area contributed by atoms with E-state index in [-0.39, 0.29) is 0 Å². The van der Waals surface area contributed by atoms with E-state index in [1.165, 1.54) is 132 Å². The van der Waals surface area contributed by atoms with Gasteiger partial charge >= 0.3 is 8.60 Å². The van der Waals surface area contributed by atoms with E-state index in [0.717, 1.165) is 17.3 Å². The van der Waals surface area contributed by atoms with Crippen LogP contribution in [0, 0.1) is 0 Å². The Bertz CT molecular complexity index is 247. The maximum Gasteiger partial charge on any atom is 0.369 e. The number of hydrogen-bond donors (Lipinski definition) is 0. The lowest BCUT2D eigenvalue weighted by atomic mass is 10.2. The van der Waals surface area contributed by atoms with E-state index in [0.29, 0.717) is 0 Å². The number of rotatable bonds is 24. The summed E-state index contributed by atoms with van der Waals surface area (Å²) >= 11 is 4.56. The van der Waals surface area contributed by atoms with Crippen LogP contribution in [0.25, 0.3) is 0 Å². The molecule has 0 saturated carbocycles. The molecule has 0 saturated heterocycles. The Hall–Kier alpha value is 1.36. The highest BCUT2D eigenvalue weighted by molar-refractivity contribution is 8.03. The number of unbranched alkanes of at least 4 members (excludes halogenated alkanes) is 12. The van der Waals surface area contributed by atoms with E-state index in [2.05, 4.69) is 20.8 Å². The first-order valence-corrected chi connectivity index (χ1v) is 15.4. The molecule has 0 aromatic carbocycles. The molecule has 0 heterocycles. The second-order valence-corrected chi connectivity index (χ2v) is 11.3. The van der Waals surface area contributed by atoms with Gasteiger partial charge in [-0.15, -0.1) is 0 Å². The maximum atomic E-state index is 5.83. The summed E-state index contributed by atoms with van der Waals surface area (Å²) in [5, 5.41) is 0. The van der Waals surface area contributed by atoms with Crippen LogP contribution < -0.4 is 0 Å². The summed E-state index contributed by atoms with van der Waals surface area (Å²) in [6.45, 7) is 6.76. The molecular weight excluding hydrogens is 427 g/mol. The van der Waals surface area contributed by atoms with Crippen molar-refractivity contribution in [2.75, 3.05) is 17.3 Å². The number of hydrogen-bond acceptors (Lipinski definition) is 6. The van der Waals surface area contributed by atoms with Crippen molar-refractivity contribution in [3.05, 3.63) is 0 Å². The minimum atomic E-state index is -1.25. The molecule has 7 heteroatoms. The van der Waals surface area contributed by atoms with Gasteiger partial charge in [-0.2, -0.15) is 0 Å². The molecule has 170 valence electrons. The van der Waals surface area contributed by atoms with Crippen LogP contribution in [0.4, 0.5) is 0 Å². The Morgan fingerprint density at radius 3 is 1.00 bits per heavy atom. The highest BCUT2D eigenvalue weighted by Crippen LogP contribution is 2.50. The molecule has 0 atom stereocenters. The van der Waals surface area contributed by atoms with Gasteiger partial charge in [0.15, 0.2) is 0 Å². The van der Waals surface area contributed by atoms with Crippen LogP contribution >= 0.6 is 44.7 Å². The van der Waals surface area contributed by atoms with E-state index in [9.17, 15) is 0 Å². The summed E-state index contributed by atoms with van der Waals surface area (Å²) in [6.07, 6.45) is 19.4. The molecule has 0 aromatic heterocycles. The van der Waals surface area contributed by atoms with E-state index in [1.807, 2.05) is 0 Å². The minimum absolute atomic E-state index is 1.03. The summed E-state index contributed by atoms with van der Waals surface area (Å²) in [5.41, 5.74) is 0. The van der Waals surface area contributed by atoms with Crippen LogP contribution in [0.5, 0.6) is 0 Å². The Morgan fingerprint density at radius 1 is 0.429 bits per heavy atom. The lowest BCUT2D eigenvalue weighted by Crippen LogP contribution is -1.88. The molecule has 0 bridgehead atoms. The van der Waals surface area contributed by atoms with Gasteiger partial charge in [0.05, 0.1) is 0 Å². The van der Waals surface area contributed by atoms with Gasteiger partial charge in [0.2, 0.25) is 0 Å².